The van der Waals surface area contributed by atoms with Gasteiger partial charge < -0.3 is 10.2 Å². The molecule has 0 radical (unpaired) electrons. The van der Waals surface area contributed by atoms with Crippen LogP contribution in [0.4, 0.5) is 0 Å². The molecule has 0 saturated carbocycles. The van der Waals surface area contributed by atoms with Crippen LogP contribution in [0.2, 0.25) is 0 Å². The predicted molar refractivity (Wildman–Crippen MR) is 95.3 cm³/mol. The first-order valence-corrected chi connectivity index (χ1v) is 8.92. The predicted octanol–water partition coefficient (Wildman–Crippen LogP) is 0.868. The minimum atomic E-state index is -1.07. The molecular formula is C12H10N2O6S4. The summed E-state index contributed by atoms with van der Waals surface area (Å²) >= 11 is 11.9. The van der Waals surface area contributed by atoms with Crippen molar-refractivity contribution in [3.63, 3.8) is 0 Å². The number of carboxylic acids is 2. The van der Waals surface area contributed by atoms with E-state index in [9.17, 15) is 19.2 Å². The number of thioether (sulfide) groups is 2. The van der Waals surface area contributed by atoms with E-state index < -0.39 is 23.8 Å². The second kappa shape index (κ2) is 7.59. The fraction of sp³-hybridized carbons (Fsp3) is 0.333. The first-order chi connectivity index (χ1) is 11.2. The Morgan fingerprint density at radius 2 is 1.17 bits per heavy atom. The van der Waals surface area contributed by atoms with Crippen molar-refractivity contribution in [1.29, 1.82) is 0 Å². The van der Waals surface area contributed by atoms with Crippen molar-refractivity contribution in [2.75, 3.05) is 13.1 Å². The molecule has 2 fully saturated rings. The molecule has 2 heterocycles. The lowest BCUT2D eigenvalue weighted by Gasteiger charge is -2.13. The van der Waals surface area contributed by atoms with Crippen molar-refractivity contribution < 1.29 is 29.4 Å². The molecule has 2 aliphatic rings. The maximum Gasteiger partial charge on any atom is 0.305 e. The van der Waals surface area contributed by atoms with E-state index in [-0.39, 0.29) is 44.4 Å². The minimum Gasteiger partial charge on any atom is -0.481 e. The van der Waals surface area contributed by atoms with Gasteiger partial charge >= 0.3 is 11.9 Å². The summed E-state index contributed by atoms with van der Waals surface area (Å²) in [5.41, 5.74) is 0. The summed E-state index contributed by atoms with van der Waals surface area (Å²) in [5.74, 6) is -3.21. The lowest BCUT2D eigenvalue weighted by atomic mass is 10.3. The summed E-state index contributed by atoms with van der Waals surface area (Å²) in [6.07, 6.45) is -0.529. The first kappa shape index (κ1) is 18.8. The molecule has 24 heavy (non-hydrogen) atoms. The Hall–Kier alpha value is -1.50. The molecule has 0 atom stereocenters. The first-order valence-electron chi connectivity index (χ1n) is 6.47. The number of hydrogen-bond donors (Lipinski definition) is 2. The van der Waals surface area contributed by atoms with Gasteiger partial charge in [-0.1, -0.05) is 48.0 Å². The van der Waals surface area contributed by atoms with Gasteiger partial charge in [0.25, 0.3) is 11.8 Å². The normalized spacial score (nSPS) is 21.2. The summed E-state index contributed by atoms with van der Waals surface area (Å²) in [5, 5.41) is 17.4. The van der Waals surface area contributed by atoms with Crippen LogP contribution in [-0.2, 0) is 19.2 Å². The lowest BCUT2D eigenvalue weighted by molar-refractivity contribution is -0.138. The van der Waals surface area contributed by atoms with E-state index in [4.69, 9.17) is 34.6 Å². The standard InChI is InChI=1S/C12H10N2O6S4/c15-5(16)1-3-13-9(19)7(23-11(13)21)8-10(20)14(12(22)24-8)4-2-6(17)18/h1-4H2,(H,15,16)(H,17,18)/b8-7-. The maximum absolute atomic E-state index is 12.4. The van der Waals surface area contributed by atoms with Crippen LogP contribution in [0.5, 0.6) is 0 Å². The summed E-state index contributed by atoms with van der Waals surface area (Å²) < 4.78 is 0.346. The Labute approximate surface area is 155 Å². The highest BCUT2D eigenvalue weighted by atomic mass is 32.2. The molecule has 0 bridgehead atoms. The van der Waals surface area contributed by atoms with Gasteiger partial charge in [-0.25, -0.2) is 0 Å². The molecule has 0 spiro atoms. The zero-order chi connectivity index (χ0) is 18.0. The lowest BCUT2D eigenvalue weighted by Crippen LogP contribution is -2.32. The number of hydrogen-bond acceptors (Lipinski definition) is 8. The van der Waals surface area contributed by atoms with Crippen LogP contribution in [-0.4, -0.2) is 65.5 Å². The number of rotatable bonds is 6. The topological polar surface area (TPSA) is 115 Å². The minimum absolute atomic E-state index is 0.0805. The maximum atomic E-state index is 12.4. The van der Waals surface area contributed by atoms with Gasteiger partial charge in [-0.15, -0.1) is 0 Å². The summed E-state index contributed by atoms with van der Waals surface area (Å²) in [6.45, 7) is -0.161. The molecule has 2 aliphatic heterocycles. The number of amides is 2. The molecule has 2 amide bonds. The Bertz CT molecular complexity index is 646. The quantitative estimate of drug-likeness (QED) is 0.486. The molecule has 0 aromatic rings. The van der Waals surface area contributed by atoms with E-state index in [0.717, 1.165) is 33.3 Å². The average molecular weight is 406 g/mol. The number of aliphatic carboxylic acids is 2. The van der Waals surface area contributed by atoms with Crippen molar-refractivity contribution in [2.45, 2.75) is 12.8 Å². The van der Waals surface area contributed by atoms with E-state index in [0.29, 0.717) is 0 Å². The number of carboxylic acid groups (broad SMARTS) is 2. The van der Waals surface area contributed by atoms with Crippen LogP contribution in [0.25, 0.3) is 0 Å². The second-order valence-corrected chi connectivity index (χ2v) is 7.88. The van der Waals surface area contributed by atoms with Gasteiger partial charge in [-0.3, -0.25) is 29.0 Å². The van der Waals surface area contributed by atoms with Crippen LogP contribution < -0.4 is 0 Å². The van der Waals surface area contributed by atoms with Crippen LogP contribution in [0.1, 0.15) is 12.8 Å². The number of carbonyl (C=O) groups excluding carboxylic acids is 2. The van der Waals surface area contributed by atoms with Gasteiger partial charge in [0.15, 0.2) is 0 Å². The number of thiocarbonyl (C=S) groups is 2. The van der Waals surface area contributed by atoms with Crippen LogP contribution >= 0.6 is 48.0 Å². The van der Waals surface area contributed by atoms with Crippen LogP contribution in [0, 0.1) is 0 Å². The average Bonchev–Trinajstić information content (AvgIpc) is 2.92. The highest BCUT2D eigenvalue weighted by Crippen LogP contribution is 2.42. The molecule has 2 rings (SSSR count). The zero-order valence-corrected chi connectivity index (χ0v) is 15.1. The Morgan fingerprint density at radius 3 is 1.46 bits per heavy atom. The van der Waals surface area contributed by atoms with Crippen molar-refractivity contribution in [3.05, 3.63) is 9.81 Å². The molecule has 8 nitrogen and oxygen atoms in total. The third kappa shape index (κ3) is 3.94. The van der Waals surface area contributed by atoms with E-state index in [1.807, 2.05) is 0 Å². The molecule has 0 unspecified atom stereocenters. The van der Waals surface area contributed by atoms with Crippen molar-refractivity contribution in [2.24, 2.45) is 0 Å². The number of carbonyl (C=O) groups is 4. The third-order valence-electron chi connectivity index (χ3n) is 3.00. The third-order valence-corrected chi connectivity index (χ3v) is 6.03. The fourth-order valence-electron chi connectivity index (χ4n) is 1.87. The van der Waals surface area contributed by atoms with E-state index >= 15 is 0 Å². The second-order valence-electron chi connectivity index (χ2n) is 4.60. The van der Waals surface area contributed by atoms with Crippen molar-refractivity contribution in [3.8, 4) is 0 Å². The largest absolute Gasteiger partial charge is 0.481 e. The molecule has 0 aromatic carbocycles. The highest BCUT2D eigenvalue weighted by molar-refractivity contribution is 8.29. The Kier molecular flexibility index (Phi) is 5.96. The van der Waals surface area contributed by atoms with Crippen LogP contribution in [0.3, 0.4) is 0 Å². The molecule has 12 heteroatoms. The summed E-state index contributed by atoms with van der Waals surface area (Å²) in [6, 6.07) is 0. The Balaban J connectivity index is 2.20. The van der Waals surface area contributed by atoms with Crippen LogP contribution in [0.15, 0.2) is 9.81 Å². The van der Waals surface area contributed by atoms with Crippen molar-refractivity contribution in [1.82, 2.24) is 9.80 Å². The van der Waals surface area contributed by atoms with Gasteiger partial charge in [0.05, 0.1) is 22.7 Å². The summed E-state index contributed by atoms with van der Waals surface area (Å²) in [4.78, 5) is 48.5. The van der Waals surface area contributed by atoms with Gasteiger partial charge in [-0.05, 0) is 0 Å². The summed E-state index contributed by atoms with van der Waals surface area (Å²) in [7, 11) is 0. The van der Waals surface area contributed by atoms with E-state index in [1.165, 1.54) is 0 Å². The molecule has 128 valence electrons. The van der Waals surface area contributed by atoms with E-state index in [2.05, 4.69) is 0 Å². The Morgan fingerprint density at radius 1 is 0.833 bits per heavy atom. The number of nitrogens with zero attached hydrogens (tertiary/aromatic N) is 2. The van der Waals surface area contributed by atoms with Gasteiger partial charge in [0.2, 0.25) is 0 Å². The van der Waals surface area contributed by atoms with Gasteiger partial charge in [-0.2, -0.15) is 0 Å². The zero-order valence-electron chi connectivity index (χ0n) is 11.9. The molecule has 2 saturated heterocycles. The van der Waals surface area contributed by atoms with Gasteiger partial charge in [0, 0.05) is 13.1 Å². The monoisotopic (exact) mass is 406 g/mol. The molecular weight excluding hydrogens is 396 g/mol. The molecule has 0 aliphatic carbocycles. The molecule has 0 aromatic heterocycles. The smallest absolute Gasteiger partial charge is 0.305 e. The van der Waals surface area contributed by atoms with Gasteiger partial charge in [0.1, 0.15) is 8.64 Å². The highest BCUT2D eigenvalue weighted by Gasteiger charge is 2.41. The molecule has 2 N–H and O–H groups in total. The SMILES string of the molecule is O=C(O)CCN1C(=O)/C(=C2/SC(=S)N(CCC(=O)O)C2=O)SC1=S. The van der Waals surface area contributed by atoms with Crippen molar-refractivity contribution >= 4 is 80.4 Å². The fourth-order valence-corrected chi connectivity index (χ4v) is 4.64. The van der Waals surface area contributed by atoms with E-state index in [1.54, 1.807) is 0 Å².